The van der Waals surface area contributed by atoms with E-state index in [1.54, 1.807) is 0 Å². The van der Waals surface area contributed by atoms with E-state index in [0.717, 1.165) is 10.9 Å². The van der Waals surface area contributed by atoms with Crippen molar-refractivity contribution in [3.63, 3.8) is 0 Å². The highest BCUT2D eigenvalue weighted by molar-refractivity contribution is 6.49. The van der Waals surface area contributed by atoms with Gasteiger partial charge in [0.25, 0.3) is 0 Å². The lowest BCUT2D eigenvalue weighted by Crippen LogP contribution is -2.20. The second kappa shape index (κ2) is 4.53. The topological polar surface area (TPSA) is 72.3 Å². The van der Waals surface area contributed by atoms with Crippen molar-refractivity contribution in [1.29, 1.82) is 0 Å². The van der Waals surface area contributed by atoms with E-state index in [2.05, 4.69) is 15.0 Å². The fourth-order valence-corrected chi connectivity index (χ4v) is 1.88. The second-order valence-electron chi connectivity index (χ2n) is 4.11. The number of aliphatic imine (C=N–C) groups is 1. The summed E-state index contributed by atoms with van der Waals surface area (Å²) in [6.07, 6.45) is 3.94. The minimum atomic E-state index is -0.248. The molecule has 1 heterocycles. The van der Waals surface area contributed by atoms with Crippen molar-refractivity contribution in [3.05, 3.63) is 42.7 Å². The second-order valence-corrected chi connectivity index (χ2v) is 4.11. The zero-order valence-electron chi connectivity index (χ0n) is 9.91. The predicted molar refractivity (Wildman–Crippen MR) is 70.4 cm³/mol. The summed E-state index contributed by atoms with van der Waals surface area (Å²) in [4.78, 5) is 35.4. The van der Waals surface area contributed by atoms with Crippen LogP contribution >= 0.6 is 0 Å². The summed E-state index contributed by atoms with van der Waals surface area (Å²) in [7, 11) is 0. The summed E-state index contributed by atoms with van der Waals surface area (Å²) in [6, 6.07) is 7.39. The van der Waals surface area contributed by atoms with Crippen molar-refractivity contribution in [2.45, 2.75) is 6.42 Å². The van der Waals surface area contributed by atoms with Crippen LogP contribution in [0.5, 0.6) is 0 Å². The maximum Gasteiger partial charge on any atom is 0.200 e. The number of fused-ring (bicyclic) bond motifs is 1. The molecule has 0 fully saturated rings. The van der Waals surface area contributed by atoms with Crippen molar-refractivity contribution < 1.29 is 9.59 Å². The Bertz CT molecular complexity index is 742. The van der Waals surface area contributed by atoms with Crippen LogP contribution in [0.25, 0.3) is 10.9 Å². The first-order valence-corrected chi connectivity index (χ1v) is 5.76. The number of benzene rings is 1. The van der Waals surface area contributed by atoms with Crippen molar-refractivity contribution in [3.8, 4) is 0 Å². The summed E-state index contributed by atoms with van der Waals surface area (Å²) >= 11 is 0. The first-order chi connectivity index (χ1) is 9.24. The molecule has 2 aromatic rings. The largest absolute Gasteiger partial charge is 0.294 e. The number of carbonyl (C=O) groups excluding carboxylic acids is 2. The molecular formula is C14H9N3O2. The van der Waals surface area contributed by atoms with Gasteiger partial charge in [-0.05, 0) is 24.3 Å². The summed E-state index contributed by atoms with van der Waals surface area (Å²) < 4.78 is 0. The number of nitrogens with zero attached hydrogens (tertiary/aromatic N) is 3. The number of aromatic nitrogens is 2. The SMILES string of the molecule is O=C1C=CC(=O)C(=Nc2ncnc3ccccc23)C1. The Morgan fingerprint density at radius 3 is 2.79 bits per heavy atom. The van der Waals surface area contributed by atoms with Crippen LogP contribution in [0.15, 0.2) is 47.7 Å². The highest BCUT2D eigenvalue weighted by Crippen LogP contribution is 2.22. The minimum Gasteiger partial charge on any atom is -0.294 e. The molecule has 1 aromatic carbocycles. The van der Waals surface area contributed by atoms with Crippen LogP contribution in [0.2, 0.25) is 0 Å². The van der Waals surface area contributed by atoms with Gasteiger partial charge in [0.05, 0.1) is 17.6 Å². The third kappa shape index (κ3) is 2.18. The van der Waals surface area contributed by atoms with Crippen LogP contribution in [-0.4, -0.2) is 27.2 Å². The van der Waals surface area contributed by atoms with Crippen LogP contribution in [0.3, 0.4) is 0 Å². The Morgan fingerprint density at radius 2 is 1.89 bits per heavy atom. The van der Waals surface area contributed by atoms with E-state index in [1.807, 2.05) is 24.3 Å². The normalized spacial score (nSPS) is 17.4. The van der Waals surface area contributed by atoms with Crippen LogP contribution < -0.4 is 0 Å². The van der Waals surface area contributed by atoms with Gasteiger partial charge in [0.2, 0.25) is 5.78 Å². The molecule has 5 heteroatoms. The fraction of sp³-hybridized carbons (Fsp3) is 0.0714. The molecule has 1 aliphatic carbocycles. The van der Waals surface area contributed by atoms with E-state index < -0.39 is 0 Å². The van der Waals surface area contributed by atoms with Gasteiger partial charge in [0, 0.05) is 5.39 Å². The molecule has 0 saturated heterocycles. The number of ketones is 2. The molecule has 0 atom stereocenters. The van der Waals surface area contributed by atoms with Gasteiger partial charge in [0.1, 0.15) is 6.33 Å². The van der Waals surface area contributed by atoms with Gasteiger partial charge in [-0.3, -0.25) is 9.59 Å². The van der Waals surface area contributed by atoms with Crippen LogP contribution in [-0.2, 0) is 9.59 Å². The first-order valence-electron chi connectivity index (χ1n) is 5.76. The lowest BCUT2D eigenvalue weighted by Gasteiger charge is -2.06. The average Bonchev–Trinajstić information content (AvgIpc) is 2.43. The average molecular weight is 251 g/mol. The summed E-state index contributed by atoms with van der Waals surface area (Å²) in [6.45, 7) is 0. The predicted octanol–water partition coefficient (Wildman–Crippen LogP) is 1.80. The number of allylic oxidation sites excluding steroid dienone is 2. The van der Waals surface area contributed by atoms with E-state index in [4.69, 9.17) is 0 Å². The lowest BCUT2D eigenvalue weighted by molar-refractivity contribution is -0.116. The van der Waals surface area contributed by atoms with Crippen LogP contribution in [0, 0.1) is 0 Å². The zero-order valence-corrected chi connectivity index (χ0v) is 9.91. The molecule has 0 N–H and O–H groups in total. The molecule has 0 spiro atoms. The first kappa shape index (κ1) is 11.4. The fourth-order valence-electron chi connectivity index (χ4n) is 1.88. The van der Waals surface area contributed by atoms with E-state index in [1.165, 1.54) is 18.5 Å². The molecule has 92 valence electrons. The van der Waals surface area contributed by atoms with Crippen molar-refractivity contribution in [1.82, 2.24) is 9.97 Å². The van der Waals surface area contributed by atoms with Crippen LogP contribution in [0.4, 0.5) is 5.82 Å². The Morgan fingerprint density at radius 1 is 1.05 bits per heavy atom. The van der Waals surface area contributed by atoms with Crippen molar-refractivity contribution >= 4 is 34.0 Å². The van der Waals surface area contributed by atoms with Gasteiger partial charge in [-0.2, -0.15) is 0 Å². The number of rotatable bonds is 1. The molecule has 5 nitrogen and oxygen atoms in total. The number of hydrogen-bond acceptors (Lipinski definition) is 5. The molecule has 0 radical (unpaired) electrons. The third-order valence-electron chi connectivity index (χ3n) is 2.81. The van der Waals surface area contributed by atoms with Gasteiger partial charge in [-0.1, -0.05) is 12.1 Å². The molecule has 0 unspecified atom stereocenters. The summed E-state index contributed by atoms with van der Waals surface area (Å²) in [5.41, 5.74) is 0.971. The number of carbonyl (C=O) groups is 2. The van der Waals surface area contributed by atoms with Crippen LogP contribution in [0.1, 0.15) is 6.42 Å². The smallest absolute Gasteiger partial charge is 0.200 e. The highest BCUT2D eigenvalue weighted by Gasteiger charge is 2.18. The van der Waals surface area contributed by atoms with Gasteiger partial charge >= 0.3 is 0 Å². The highest BCUT2D eigenvalue weighted by atomic mass is 16.1. The Balaban J connectivity index is 2.13. The molecule has 3 rings (SSSR count). The minimum absolute atomic E-state index is 0.0215. The van der Waals surface area contributed by atoms with Gasteiger partial charge < -0.3 is 0 Å². The molecule has 0 aliphatic heterocycles. The number of para-hydroxylation sites is 1. The van der Waals surface area contributed by atoms with Gasteiger partial charge in [-0.25, -0.2) is 15.0 Å². The number of hydrogen-bond donors (Lipinski definition) is 0. The van der Waals surface area contributed by atoms with E-state index >= 15 is 0 Å². The van der Waals surface area contributed by atoms with E-state index in [9.17, 15) is 9.59 Å². The Labute approximate surface area is 108 Å². The molecule has 19 heavy (non-hydrogen) atoms. The monoisotopic (exact) mass is 251 g/mol. The zero-order chi connectivity index (χ0) is 13.2. The van der Waals surface area contributed by atoms with E-state index in [0.29, 0.717) is 5.82 Å². The van der Waals surface area contributed by atoms with Gasteiger partial charge in [-0.15, -0.1) is 0 Å². The van der Waals surface area contributed by atoms with Gasteiger partial charge in [0.15, 0.2) is 11.6 Å². The Hall–Kier alpha value is -2.69. The summed E-state index contributed by atoms with van der Waals surface area (Å²) in [5.74, 6) is 0.0380. The Kier molecular flexibility index (Phi) is 2.72. The quantitative estimate of drug-likeness (QED) is 0.774. The van der Waals surface area contributed by atoms with Crippen molar-refractivity contribution in [2.24, 2.45) is 4.99 Å². The molecule has 0 saturated carbocycles. The lowest BCUT2D eigenvalue weighted by atomic mass is 10.0. The molecular weight excluding hydrogens is 242 g/mol. The molecule has 0 amide bonds. The maximum absolute atomic E-state index is 11.7. The van der Waals surface area contributed by atoms with E-state index in [-0.39, 0.29) is 23.7 Å². The summed E-state index contributed by atoms with van der Waals surface area (Å²) in [5, 5.41) is 0.757. The third-order valence-corrected chi connectivity index (χ3v) is 2.81. The molecule has 1 aromatic heterocycles. The molecule has 1 aliphatic rings. The van der Waals surface area contributed by atoms with Crippen molar-refractivity contribution in [2.75, 3.05) is 0 Å². The molecule has 0 bridgehead atoms. The maximum atomic E-state index is 11.7. The standard InChI is InChI=1S/C14H9N3O2/c18-9-5-6-13(19)12(7-9)17-14-10-3-1-2-4-11(10)15-8-16-14/h1-6,8H,7H2.